The molecule has 0 aromatic rings. The Morgan fingerprint density at radius 3 is 1.97 bits per heavy atom. The van der Waals surface area contributed by atoms with E-state index in [-0.39, 0.29) is 5.91 Å². The zero-order valence-corrected chi connectivity index (χ0v) is 23.2. The maximum absolute atomic E-state index is 12.3. The first kappa shape index (κ1) is 33.8. The molecule has 0 bridgehead atoms. The van der Waals surface area contributed by atoms with Gasteiger partial charge in [0.15, 0.2) is 0 Å². The first-order valence-electron chi connectivity index (χ1n) is 14.0. The summed E-state index contributed by atoms with van der Waals surface area (Å²) >= 11 is 0. The smallest absolute Gasteiger partial charge is 0.266 e. The molecule has 1 amide bonds. The first-order chi connectivity index (χ1) is 16.8. The Bertz CT molecular complexity index is 660. The highest BCUT2D eigenvalue weighted by Crippen LogP contribution is 2.13. The lowest BCUT2D eigenvalue weighted by Crippen LogP contribution is -2.47. The number of carbonyl (C=O) groups excluding carboxylic acids is 1. The Balaban J connectivity index is 4.07. The molecule has 0 fully saturated rings. The number of nitrogens with one attached hydrogen (secondary N) is 1. The zero-order chi connectivity index (χ0) is 26.2. The Morgan fingerprint density at radius 2 is 1.34 bits per heavy atom. The second-order valence-electron chi connectivity index (χ2n) is 9.67. The van der Waals surface area contributed by atoms with Crippen molar-refractivity contribution in [1.82, 2.24) is 5.32 Å². The van der Waals surface area contributed by atoms with Crippen molar-refractivity contribution in [1.29, 1.82) is 0 Å². The molecule has 0 saturated heterocycles. The van der Waals surface area contributed by atoms with Crippen molar-refractivity contribution in [3.05, 3.63) is 24.3 Å². The summed E-state index contributed by atoms with van der Waals surface area (Å²) in [5.74, 6) is -0.922. The average molecular weight is 516 g/mol. The molecule has 206 valence electrons. The minimum Gasteiger partial charge on any atom is -0.391 e. The predicted octanol–water partition coefficient (Wildman–Crippen LogP) is 6.89. The molecule has 0 saturated carbocycles. The number of aliphatic hydroxyl groups excluding tert-OH is 1. The van der Waals surface area contributed by atoms with Crippen molar-refractivity contribution in [3.63, 3.8) is 0 Å². The van der Waals surface area contributed by atoms with Crippen molar-refractivity contribution >= 4 is 16.0 Å². The molecule has 2 unspecified atom stereocenters. The molecule has 0 aromatic heterocycles. The highest BCUT2D eigenvalue weighted by Gasteiger charge is 2.25. The largest absolute Gasteiger partial charge is 0.391 e. The molecule has 3 N–H and O–H groups in total. The zero-order valence-electron chi connectivity index (χ0n) is 22.4. The third-order valence-electron chi connectivity index (χ3n) is 6.14. The van der Waals surface area contributed by atoms with Crippen LogP contribution in [-0.2, 0) is 14.9 Å². The van der Waals surface area contributed by atoms with E-state index in [0.717, 1.165) is 70.6 Å². The molecular formula is C28H53NO5S. The van der Waals surface area contributed by atoms with Crippen molar-refractivity contribution < 1.29 is 22.9 Å². The van der Waals surface area contributed by atoms with Crippen LogP contribution in [0, 0.1) is 0 Å². The van der Waals surface area contributed by atoms with Crippen LogP contribution in [0.25, 0.3) is 0 Å². The van der Waals surface area contributed by atoms with Crippen LogP contribution < -0.4 is 5.32 Å². The maximum atomic E-state index is 12.3. The summed E-state index contributed by atoms with van der Waals surface area (Å²) in [6, 6.07) is -0.971. The van der Waals surface area contributed by atoms with Crippen LogP contribution >= 0.6 is 0 Å². The van der Waals surface area contributed by atoms with E-state index in [4.69, 9.17) is 0 Å². The van der Waals surface area contributed by atoms with Gasteiger partial charge in [0.05, 0.1) is 17.9 Å². The van der Waals surface area contributed by atoms with Crippen LogP contribution in [0.5, 0.6) is 0 Å². The average Bonchev–Trinajstić information content (AvgIpc) is 2.80. The summed E-state index contributed by atoms with van der Waals surface area (Å²) in [7, 11) is -4.29. The number of rotatable bonds is 24. The van der Waals surface area contributed by atoms with E-state index >= 15 is 0 Å². The maximum Gasteiger partial charge on any atom is 0.266 e. The van der Waals surface area contributed by atoms with E-state index in [1.165, 1.54) is 32.1 Å². The van der Waals surface area contributed by atoms with Crippen LogP contribution in [0.3, 0.4) is 0 Å². The molecule has 0 radical (unpaired) electrons. The Hall–Kier alpha value is -1.18. The van der Waals surface area contributed by atoms with Gasteiger partial charge < -0.3 is 10.4 Å². The molecule has 35 heavy (non-hydrogen) atoms. The van der Waals surface area contributed by atoms with Gasteiger partial charge in [-0.2, -0.15) is 8.42 Å². The lowest BCUT2D eigenvalue weighted by molar-refractivity contribution is -0.122. The fraction of sp³-hybridized carbons (Fsp3) is 0.821. The molecule has 2 atom stereocenters. The van der Waals surface area contributed by atoms with Crippen LogP contribution in [0.1, 0.15) is 129 Å². The highest BCUT2D eigenvalue weighted by atomic mass is 32.2. The highest BCUT2D eigenvalue weighted by molar-refractivity contribution is 7.85. The number of aliphatic hydroxyl groups is 1. The minimum atomic E-state index is -4.29. The van der Waals surface area contributed by atoms with Gasteiger partial charge in [-0.25, -0.2) is 0 Å². The summed E-state index contributed by atoms with van der Waals surface area (Å²) in [5, 5.41) is 13.1. The predicted molar refractivity (Wildman–Crippen MR) is 147 cm³/mol. The van der Waals surface area contributed by atoms with Crippen molar-refractivity contribution in [2.75, 3.05) is 5.75 Å². The number of allylic oxidation sites excluding steroid dienone is 4. The normalized spacial score (nSPS) is 14.1. The SMILES string of the molecule is CCC/C=C\C/C=C\CCCCCCCC(=O)NC(CS(=O)(=O)O)C(O)CCCCCCCCC. The molecular weight excluding hydrogens is 462 g/mol. The van der Waals surface area contributed by atoms with E-state index in [1.807, 2.05) is 0 Å². The Morgan fingerprint density at radius 1 is 0.771 bits per heavy atom. The number of amides is 1. The summed E-state index contributed by atoms with van der Waals surface area (Å²) in [6.45, 7) is 4.35. The van der Waals surface area contributed by atoms with Crippen LogP contribution in [0.2, 0.25) is 0 Å². The summed E-state index contributed by atoms with van der Waals surface area (Å²) < 4.78 is 32.0. The fourth-order valence-corrected chi connectivity index (χ4v) is 4.78. The second kappa shape index (κ2) is 23.2. The van der Waals surface area contributed by atoms with Gasteiger partial charge in [-0.05, 0) is 38.5 Å². The van der Waals surface area contributed by atoms with Crippen LogP contribution in [0.15, 0.2) is 24.3 Å². The fourth-order valence-electron chi connectivity index (χ4n) is 4.02. The van der Waals surface area contributed by atoms with Crippen molar-refractivity contribution in [2.45, 2.75) is 142 Å². The Kier molecular flexibility index (Phi) is 22.4. The van der Waals surface area contributed by atoms with Gasteiger partial charge >= 0.3 is 0 Å². The number of carbonyl (C=O) groups is 1. The van der Waals surface area contributed by atoms with Gasteiger partial charge in [0, 0.05) is 6.42 Å². The van der Waals surface area contributed by atoms with E-state index in [1.54, 1.807) is 0 Å². The third kappa shape index (κ3) is 24.3. The van der Waals surface area contributed by atoms with Gasteiger partial charge in [-0.15, -0.1) is 0 Å². The topological polar surface area (TPSA) is 104 Å². The van der Waals surface area contributed by atoms with Crippen LogP contribution in [-0.4, -0.2) is 41.9 Å². The molecule has 0 rings (SSSR count). The monoisotopic (exact) mass is 515 g/mol. The summed E-state index contributed by atoms with van der Waals surface area (Å²) in [6.07, 6.45) is 25.7. The van der Waals surface area contributed by atoms with Gasteiger partial charge in [0.2, 0.25) is 5.91 Å². The number of unbranched alkanes of at least 4 members (excludes halogenated alkanes) is 12. The second-order valence-corrected chi connectivity index (χ2v) is 11.2. The molecule has 0 aliphatic rings. The Labute approximate surface area is 215 Å². The van der Waals surface area contributed by atoms with E-state index in [9.17, 15) is 22.9 Å². The van der Waals surface area contributed by atoms with Crippen molar-refractivity contribution in [3.8, 4) is 0 Å². The van der Waals surface area contributed by atoms with Gasteiger partial charge in [0.1, 0.15) is 0 Å². The molecule has 0 spiro atoms. The van der Waals surface area contributed by atoms with E-state index in [0.29, 0.717) is 12.8 Å². The lowest BCUT2D eigenvalue weighted by Gasteiger charge is -2.23. The number of hydrogen-bond acceptors (Lipinski definition) is 4. The van der Waals surface area contributed by atoms with Gasteiger partial charge in [-0.1, -0.05) is 109 Å². The standard InChI is InChI=1S/C28H53NO5S/c1-3-5-7-9-11-12-13-14-15-16-18-20-22-24-28(31)29-26(25-35(32,33)34)27(30)23-21-19-17-10-8-6-4-2/h7,9,12-13,26-27,30H,3-6,8,10-11,14-25H2,1-2H3,(H,29,31)(H,32,33,34)/b9-7-,13-12-. The lowest BCUT2D eigenvalue weighted by atomic mass is 10.0. The van der Waals surface area contributed by atoms with Crippen molar-refractivity contribution in [2.24, 2.45) is 0 Å². The molecule has 0 heterocycles. The third-order valence-corrected chi connectivity index (χ3v) is 6.92. The molecule has 7 heteroatoms. The molecule has 0 aliphatic heterocycles. The van der Waals surface area contributed by atoms with Crippen LogP contribution in [0.4, 0.5) is 0 Å². The van der Waals surface area contributed by atoms with Gasteiger partial charge in [0.25, 0.3) is 10.1 Å². The van der Waals surface area contributed by atoms with E-state index < -0.39 is 28.0 Å². The molecule has 0 aliphatic carbocycles. The minimum absolute atomic E-state index is 0.267. The first-order valence-corrected chi connectivity index (χ1v) is 15.6. The van der Waals surface area contributed by atoms with E-state index in [2.05, 4.69) is 43.5 Å². The summed E-state index contributed by atoms with van der Waals surface area (Å²) in [4.78, 5) is 12.3. The molecule has 6 nitrogen and oxygen atoms in total. The number of hydrogen-bond donors (Lipinski definition) is 3. The van der Waals surface area contributed by atoms with Gasteiger partial charge in [-0.3, -0.25) is 9.35 Å². The summed E-state index contributed by atoms with van der Waals surface area (Å²) in [5.41, 5.74) is 0. The quantitative estimate of drug-likeness (QED) is 0.0737. The molecule has 0 aromatic carbocycles.